The second-order valence-electron chi connectivity index (χ2n) is 24.5. The molecular weight excluding hydrogens is 1010 g/mol. The van der Waals surface area contributed by atoms with E-state index in [0.29, 0.717) is 19.3 Å². The molecule has 0 aliphatic heterocycles. The normalized spacial score (nSPS) is 12.4. The molecule has 1 atom stereocenters. The molecule has 0 aliphatic rings. The van der Waals surface area contributed by atoms with E-state index in [0.717, 1.165) is 89.9 Å². The van der Waals surface area contributed by atoms with Gasteiger partial charge in [0.2, 0.25) is 0 Å². The Labute approximate surface area is 510 Å². The third-order valence-corrected chi connectivity index (χ3v) is 16.3. The van der Waals surface area contributed by atoms with Crippen LogP contribution in [-0.2, 0) is 28.6 Å². The predicted octanol–water partition coefficient (Wildman–Crippen LogP) is 25.1. The van der Waals surface area contributed by atoms with Crippen molar-refractivity contribution in [1.82, 2.24) is 0 Å². The van der Waals surface area contributed by atoms with Gasteiger partial charge in [0.25, 0.3) is 0 Å². The van der Waals surface area contributed by atoms with Crippen molar-refractivity contribution < 1.29 is 28.6 Å². The summed E-state index contributed by atoms with van der Waals surface area (Å²) >= 11 is 0. The summed E-state index contributed by atoms with van der Waals surface area (Å²) in [6, 6.07) is 0. The van der Waals surface area contributed by atoms with Gasteiger partial charge < -0.3 is 14.2 Å². The largest absolute Gasteiger partial charge is 0.462 e. The first kappa shape index (κ1) is 79.1. The van der Waals surface area contributed by atoms with Crippen molar-refractivity contribution in [2.24, 2.45) is 0 Å². The van der Waals surface area contributed by atoms with Crippen molar-refractivity contribution in [3.05, 3.63) is 60.8 Å². The molecule has 0 N–H and O–H groups in total. The molecule has 0 aromatic heterocycles. The van der Waals surface area contributed by atoms with Crippen molar-refractivity contribution in [2.45, 2.75) is 393 Å². The lowest BCUT2D eigenvalue weighted by Gasteiger charge is -2.18. The average Bonchev–Trinajstić information content (AvgIpc) is 3.47. The highest BCUT2D eigenvalue weighted by Crippen LogP contribution is 2.19. The van der Waals surface area contributed by atoms with Gasteiger partial charge in [-0.2, -0.15) is 0 Å². The fraction of sp³-hybridized carbons (Fsp3) is 0.829. The van der Waals surface area contributed by atoms with Crippen LogP contribution in [0.2, 0.25) is 0 Å². The Morgan fingerprint density at radius 2 is 0.476 bits per heavy atom. The summed E-state index contributed by atoms with van der Waals surface area (Å²) in [7, 11) is 0. The maximum atomic E-state index is 13.0. The van der Waals surface area contributed by atoms with Gasteiger partial charge >= 0.3 is 17.9 Å². The van der Waals surface area contributed by atoms with E-state index in [2.05, 4.69) is 81.5 Å². The molecule has 0 aromatic rings. The van der Waals surface area contributed by atoms with Gasteiger partial charge in [0.05, 0.1) is 0 Å². The summed E-state index contributed by atoms with van der Waals surface area (Å²) < 4.78 is 17.0. The monoisotopic (exact) mass is 1150 g/mol. The number of hydrogen-bond acceptors (Lipinski definition) is 6. The van der Waals surface area contributed by atoms with Crippen molar-refractivity contribution >= 4 is 17.9 Å². The topological polar surface area (TPSA) is 78.9 Å². The summed E-state index contributed by atoms with van der Waals surface area (Å²) in [5, 5.41) is 0. The Kier molecular flexibility index (Phi) is 68.1. The molecule has 0 saturated heterocycles. The van der Waals surface area contributed by atoms with Gasteiger partial charge in [-0.15, -0.1) is 0 Å². The molecule has 1 unspecified atom stereocenters. The quantitative estimate of drug-likeness (QED) is 0.0261. The van der Waals surface area contributed by atoms with Crippen molar-refractivity contribution in [2.75, 3.05) is 13.2 Å². The lowest BCUT2D eigenvalue weighted by Crippen LogP contribution is -2.30. The fourth-order valence-electron chi connectivity index (χ4n) is 10.8. The smallest absolute Gasteiger partial charge is 0.306 e. The number of ether oxygens (including phenoxy) is 3. The van der Waals surface area contributed by atoms with E-state index < -0.39 is 6.10 Å². The van der Waals surface area contributed by atoms with Crippen LogP contribution in [-0.4, -0.2) is 37.2 Å². The molecule has 0 rings (SSSR count). The van der Waals surface area contributed by atoms with Gasteiger partial charge in [0.15, 0.2) is 6.10 Å². The van der Waals surface area contributed by atoms with Gasteiger partial charge in [-0.05, 0) is 83.5 Å². The number of carbonyl (C=O) groups is 3. The van der Waals surface area contributed by atoms with E-state index in [1.54, 1.807) is 0 Å². The number of allylic oxidation sites excluding steroid dienone is 10. The molecule has 0 heterocycles. The fourth-order valence-corrected chi connectivity index (χ4v) is 10.8. The summed E-state index contributed by atoms with van der Waals surface area (Å²) in [5.41, 5.74) is 0. The van der Waals surface area contributed by atoms with Crippen LogP contribution < -0.4 is 0 Å². The molecule has 0 amide bonds. The maximum absolute atomic E-state index is 13.0. The molecule has 6 nitrogen and oxygen atoms in total. The molecule has 0 spiro atoms. The van der Waals surface area contributed by atoms with E-state index in [4.69, 9.17) is 14.2 Å². The first-order chi connectivity index (χ1) is 40.5. The molecular formula is C76H138O6. The molecule has 6 heteroatoms. The third kappa shape index (κ3) is 67.9. The highest BCUT2D eigenvalue weighted by molar-refractivity contribution is 5.71. The second kappa shape index (κ2) is 70.6. The Morgan fingerprint density at radius 3 is 0.756 bits per heavy atom. The number of unbranched alkanes of at least 4 members (excludes halogenated alkanes) is 46. The molecule has 0 fully saturated rings. The SMILES string of the molecule is CC/C=C\C/C=C\C/C=C\C/C=C\CCCCCCCCCCCCC(=O)OC(COC(=O)CCCCCCC/C=C\CCCCCCC)COC(=O)CCCCCCCCCCCCCCCCCCCCCCCCCCCCC. The molecule has 0 radical (unpaired) electrons. The zero-order chi connectivity index (χ0) is 59.2. The number of rotatable bonds is 67. The van der Waals surface area contributed by atoms with Crippen LogP contribution in [0.1, 0.15) is 387 Å². The van der Waals surface area contributed by atoms with Crippen molar-refractivity contribution in [3.8, 4) is 0 Å². The predicted molar refractivity (Wildman–Crippen MR) is 358 cm³/mol. The van der Waals surface area contributed by atoms with Gasteiger partial charge in [-0.3, -0.25) is 14.4 Å². The Morgan fingerprint density at radius 1 is 0.256 bits per heavy atom. The number of esters is 3. The van der Waals surface area contributed by atoms with Crippen molar-refractivity contribution in [3.63, 3.8) is 0 Å². The van der Waals surface area contributed by atoms with Crippen LogP contribution in [0.25, 0.3) is 0 Å². The maximum Gasteiger partial charge on any atom is 0.306 e. The van der Waals surface area contributed by atoms with Gasteiger partial charge in [0, 0.05) is 19.3 Å². The standard InChI is InChI=1S/C76H138O6/c1-4-7-10-13-16-19-22-25-28-30-32-34-36-37-38-39-41-42-44-46-48-51-54-57-60-63-66-69-75(78)81-72-73(71-80-74(77)68-65-62-59-56-53-50-27-24-21-18-15-12-9-6-3)82-76(79)70-67-64-61-58-55-52-49-47-45-43-40-35-33-31-29-26-23-20-17-14-11-8-5-2/h8,11,17,20,24,26-27,29,33,35,73H,4-7,9-10,12-16,18-19,21-23,25,28,30-32,34,36-72H2,1-3H3/b11-8-,20-17-,27-24-,29-26-,35-33-. The van der Waals surface area contributed by atoms with E-state index in [1.165, 1.54) is 257 Å². The van der Waals surface area contributed by atoms with E-state index in [-0.39, 0.29) is 31.1 Å². The first-order valence-corrected chi connectivity index (χ1v) is 36.3. The van der Waals surface area contributed by atoms with Gasteiger partial charge in [0.1, 0.15) is 13.2 Å². The molecule has 0 bridgehead atoms. The van der Waals surface area contributed by atoms with E-state index >= 15 is 0 Å². The third-order valence-electron chi connectivity index (χ3n) is 16.3. The zero-order valence-corrected chi connectivity index (χ0v) is 55.0. The zero-order valence-electron chi connectivity index (χ0n) is 55.0. The molecule has 82 heavy (non-hydrogen) atoms. The van der Waals surface area contributed by atoms with Gasteiger partial charge in [-0.25, -0.2) is 0 Å². The van der Waals surface area contributed by atoms with Crippen LogP contribution in [0, 0.1) is 0 Å². The minimum absolute atomic E-state index is 0.0743. The first-order valence-electron chi connectivity index (χ1n) is 36.3. The lowest BCUT2D eigenvalue weighted by molar-refractivity contribution is -0.167. The van der Waals surface area contributed by atoms with E-state index in [9.17, 15) is 14.4 Å². The van der Waals surface area contributed by atoms with Crippen LogP contribution in [0.3, 0.4) is 0 Å². The minimum Gasteiger partial charge on any atom is -0.462 e. The van der Waals surface area contributed by atoms with Crippen molar-refractivity contribution in [1.29, 1.82) is 0 Å². The average molecular weight is 1150 g/mol. The Balaban J connectivity index is 4.25. The Bertz CT molecular complexity index is 1460. The van der Waals surface area contributed by atoms with E-state index in [1.807, 2.05) is 0 Å². The number of carbonyl (C=O) groups excluding carboxylic acids is 3. The number of hydrogen-bond donors (Lipinski definition) is 0. The minimum atomic E-state index is -0.780. The van der Waals surface area contributed by atoms with Crippen LogP contribution in [0.4, 0.5) is 0 Å². The van der Waals surface area contributed by atoms with Crippen LogP contribution >= 0.6 is 0 Å². The molecule has 0 aromatic carbocycles. The highest BCUT2D eigenvalue weighted by atomic mass is 16.6. The van der Waals surface area contributed by atoms with Crippen LogP contribution in [0.15, 0.2) is 60.8 Å². The molecule has 0 saturated carbocycles. The summed E-state index contributed by atoms with van der Waals surface area (Å²) in [4.78, 5) is 38.5. The van der Waals surface area contributed by atoms with Crippen LogP contribution in [0.5, 0.6) is 0 Å². The Hall–Kier alpha value is -2.89. The molecule has 478 valence electrons. The summed E-state index contributed by atoms with van der Waals surface area (Å²) in [6.45, 7) is 6.58. The lowest BCUT2D eigenvalue weighted by atomic mass is 10.0. The molecule has 0 aliphatic carbocycles. The second-order valence-corrected chi connectivity index (χ2v) is 24.5. The highest BCUT2D eigenvalue weighted by Gasteiger charge is 2.19. The summed E-state index contributed by atoms with van der Waals surface area (Å²) in [6.07, 6.45) is 91.2. The van der Waals surface area contributed by atoms with Gasteiger partial charge in [-0.1, -0.05) is 345 Å². The summed E-state index contributed by atoms with van der Waals surface area (Å²) in [5.74, 6) is -0.863.